The monoisotopic (exact) mass is 336 g/mol. The van der Waals surface area contributed by atoms with Crippen LogP contribution in [-0.2, 0) is 0 Å². The molecule has 2 N–H and O–H groups in total. The zero-order valence-corrected chi connectivity index (χ0v) is 10.8. The summed E-state index contributed by atoms with van der Waals surface area (Å²) in [6.45, 7) is 0. The highest BCUT2D eigenvalue weighted by atomic mass is 127. The predicted molar refractivity (Wildman–Crippen MR) is 65.4 cm³/mol. The number of nitrogens with zero attached hydrogens (tertiary/aromatic N) is 2. The summed E-state index contributed by atoms with van der Waals surface area (Å²) in [4.78, 5) is 10.9. The molecule has 1 aromatic heterocycles. The highest BCUT2D eigenvalue weighted by molar-refractivity contribution is 14.1. The summed E-state index contributed by atoms with van der Waals surface area (Å²) in [5.41, 5.74) is 0.207. The lowest BCUT2D eigenvalue weighted by Crippen LogP contribution is -2.29. The molecule has 1 aromatic rings. The molecule has 0 spiro atoms. The Morgan fingerprint density at radius 1 is 1.50 bits per heavy atom. The van der Waals surface area contributed by atoms with Crippen molar-refractivity contribution < 1.29 is 15.0 Å². The number of carbonyl (C=O) groups is 1. The first kappa shape index (κ1) is 11.8. The molecule has 0 bridgehead atoms. The van der Waals surface area contributed by atoms with Crippen LogP contribution in [0.5, 0.6) is 0 Å². The van der Waals surface area contributed by atoms with Crippen LogP contribution in [0.3, 0.4) is 0 Å². The van der Waals surface area contributed by atoms with Crippen molar-refractivity contribution in [2.45, 2.75) is 37.8 Å². The van der Waals surface area contributed by atoms with Crippen LogP contribution in [0.15, 0.2) is 6.20 Å². The third-order valence-corrected chi connectivity index (χ3v) is 4.05. The summed E-state index contributed by atoms with van der Waals surface area (Å²) in [5.74, 6) is -0.971. The average molecular weight is 336 g/mol. The van der Waals surface area contributed by atoms with E-state index in [2.05, 4.69) is 5.10 Å². The molecule has 2 atom stereocenters. The van der Waals surface area contributed by atoms with Gasteiger partial charge < -0.3 is 10.2 Å². The van der Waals surface area contributed by atoms with Crippen LogP contribution in [0.2, 0.25) is 0 Å². The Morgan fingerprint density at radius 3 is 2.75 bits per heavy atom. The fourth-order valence-corrected chi connectivity index (χ4v) is 2.95. The SMILES string of the molecule is O=C(O)c1cnn(C2CCCCC2O)c1I. The molecular weight excluding hydrogens is 323 g/mol. The topological polar surface area (TPSA) is 75.3 Å². The molecule has 5 nitrogen and oxygen atoms in total. The van der Waals surface area contributed by atoms with Gasteiger partial charge in [0.15, 0.2) is 0 Å². The van der Waals surface area contributed by atoms with Gasteiger partial charge in [0.1, 0.15) is 9.26 Å². The second-order valence-electron chi connectivity index (χ2n) is 4.02. The second kappa shape index (κ2) is 4.70. The van der Waals surface area contributed by atoms with Gasteiger partial charge in [0, 0.05) is 0 Å². The Hall–Kier alpha value is -0.630. The predicted octanol–water partition coefficient (Wildman–Crippen LogP) is 1.66. The van der Waals surface area contributed by atoms with E-state index in [0.29, 0.717) is 3.70 Å². The van der Waals surface area contributed by atoms with Crippen LogP contribution in [0.25, 0.3) is 0 Å². The van der Waals surface area contributed by atoms with Gasteiger partial charge in [-0.2, -0.15) is 5.10 Å². The summed E-state index contributed by atoms with van der Waals surface area (Å²) in [7, 11) is 0. The van der Waals surface area contributed by atoms with E-state index in [4.69, 9.17) is 5.11 Å². The van der Waals surface area contributed by atoms with Gasteiger partial charge in [-0.05, 0) is 35.4 Å². The number of carboxylic acids is 1. The normalized spacial score (nSPS) is 25.6. The van der Waals surface area contributed by atoms with Crippen molar-refractivity contribution in [2.75, 3.05) is 0 Å². The summed E-state index contributed by atoms with van der Waals surface area (Å²) in [6.07, 6.45) is 4.65. The summed E-state index contributed by atoms with van der Waals surface area (Å²) < 4.78 is 2.24. The van der Waals surface area contributed by atoms with Gasteiger partial charge in [-0.1, -0.05) is 12.8 Å². The maximum Gasteiger partial charge on any atom is 0.340 e. The van der Waals surface area contributed by atoms with E-state index >= 15 is 0 Å². The zero-order chi connectivity index (χ0) is 11.7. The fourth-order valence-electron chi connectivity index (χ4n) is 2.10. The zero-order valence-electron chi connectivity index (χ0n) is 8.64. The third kappa shape index (κ3) is 2.08. The minimum absolute atomic E-state index is 0.0752. The highest BCUT2D eigenvalue weighted by Crippen LogP contribution is 2.30. The Balaban J connectivity index is 2.29. The molecule has 1 aliphatic carbocycles. The minimum Gasteiger partial charge on any atom is -0.478 e. The Bertz CT molecular complexity index is 405. The van der Waals surface area contributed by atoms with Crippen LogP contribution in [-0.4, -0.2) is 32.1 Å². The first-order valence-corrected chi connectivity index (χ1v) is 6.33. The van der Waals surface area contributed by atoms with Crippen molar-refractivity contribution in [1.82, 2.24) is 9.78 Å². The van der Waals surface area contributed by atoms with Crippen molar-refractivity contribution in [3.63, 3.8) is 0 Å². The van der Waals surface area contributed by atoms with E-state index in [1.54, 1.807) is 4.68 Å². The summed E-state index contributed by atoms with van der Waals surface area (Å²) in [5, 5.41) is 22.9. The van der Waals surface area contributed by atoms with Crippen LogP contribution in [0.4, 0.5) is 0 Å². The molecule has 2 rings (SSSR count). The van der Waals surface area contributed by atoms with Crippen LogP contribution >= 0.6 is 22.6 Å². The molecule has 6 heteroatoms. The molecule has 0 aliphatic heterocycles. The standard InChI is InChI=1S/C10H13IN2O3/c11-9-6(10(15)16)5-12-13(9)7-3-1-2-4-8(7)14/h5,7-8,14H,1-4H2,(H,15,16). The number of halogens is 1. The number of aromatic carboxylic acids is 1. The van der Waals surface area contributed by atoms with Gasteiger partial charge in [0.2, 0.25) is 0 Å². The van der Waals surface area contributed by atoms with E-state index in [9.17, 15) is 9.90 Å². The second-order valence-corrected chi connectivity index (χ2v) is 5.04. The molecule has 1 saturated carbocycles. The number of aromatic nitrogens is 2. The molecule has 2 unspecified atom stereocenters. The largest absolute Gasteiger partial charge is 0.478 e. The Morgan fingerprint density at radius 2 is 2.19 bits per heavy atom. The van der Waals surface area contributed by atoms with E-state index in [1.165, 1.54) is 6.20 Å². The number of aliphatic hydroxyl groups is 1. The molecule has 0 saturated heterocycles. The molecule has 0 aromatic carbocycles. The molecule has 1 heterocycles. The number of rotatable bonds is 2. The smallest absolute Gasteiger partial charge is 0.340 e. The average Bonchev–Trinajstić information content (AvgIpc) is 2.61. The van der Waals surface area contributed by atoms with Crippen LogP contribution in [0, 0.1) is 3.70 Å². The lowest BCUT2D eigenvalue weighted by atomic mass is 9.93. The van der Waals surface area contributed by atoms with Crippen molar-refractivity contribution in [2.24, 2.45) is 0 Å². The Kier molecular flexibility index (Phi) is 3.48. The molecule has 1 aliphatic rings. The number of aliphatic hydroxyl groups excluding tert-OH is 1. The van der Waals surface area contributed by atoms with Gasteiger partial charge >= 0.3 is 5.97 Å². The van der Waals surface area contributed by atoms with Crippen LogP contribution < -0.4 is 0 Å². The summed E-state index contributed by atoms with van der Waals surface area (Å²) in [6, 6.07) is -0.0752. The van der Waals surface area contributed by atoms with E-state index in [1.807, 2.05) is 22.6 Å². The molecule has 88 valence electrons. The van der Waals surface area contributed by atoms with E-state index < -0.39 is 12.1 Å². The van der Waals surface area contributed by atoms with Crippen molar-refractivity contribution in [1.29, 1.82) is 0 Å². The van der Waals surface area contributed by atoms with E-state index in [-0.39, 0.29) is 11.6 Å². The van der Waals surface area contributed by atoms with E-state index in [0.717, 1.165) is 25.7 Å². The van der Waals surface area contributed by atoms with Crippen molar-refractivity contribution in [3.05, 3.63) is 15.5 Å². The van der Waals surface area contributed by atoms with Gasteiger partial charge in [-0.3, -0.25) is 4.68 Å². The van der Waals surface area contributed by atoms with Crippen LogP contribution in [0.1, 0.15) is 42.1 Å². The molecular formula is C10H13IN2O3. The molecule has 0 radical (unpaired) electrons. The molecule has 16 heavy (non-hydrogen) atoms. The third-order valence-electron chi connectivity index (χ3n) is 2.97. The summed E-state index contributed by atoms with van der Waals surface area (Å²) >= 11 is 1.97. The maximum absolute atomic E-state index is 10.9. The first-order valence-electron chi connectivity index (χ1n) is 5.25. The lowest BCUT2D eigenvalue weighted by Gasteiger charge is -2.28. The number of hydrogen-bond acceptors (Lipinski definition) is 3. The molecule has 0 amide bonds. The van der Waals surface area contributed by atoms with Gasteiger partial charge in [0.05, 0.1) is 18.3 Å². The highest BCUT2D eigenvalue weighted by Gasteiger charge is 2.28. The van der Waals surface area contributed by atoms with Crippen molar-refractivity contribution in [3.8, 4) is 0 Å². The van der Waals surface area contributed by atoms with Crippen molar-refractivity contribution >= 4 is 28.6 Å². The number of hydrogen-bond donors (Lipinski definition) is 2. The fraction of sp³-hybridized carbons (Fsp3) is 0.600. The number of carboxylic acid groups (broad SMARTS) is 1. The minimum atomic E-state index is -0.971. The Labute approximate surface area is 107 Å². The van der Waals surface area contributed by atoms with Gasteiger partial charge in [-0.15, -0.1) is 0 Å². The first-order chi connectivity index (χ1) is 7.61. The van der Waals surface area contributed by atoms with Gasteiger partial charge in [-0.25, -0.2) is 4.79 Å². The molecule has 1 fully saturated rings. The maximum atomic E-state index is 10.9. The van der Waals surface area contributed by atoms with Gasteiger partial charge in [0.25, 0.3) is 0 Å². The lowest BCUT2D eigenvalue weighted by molar-refractivity contribution is 0.0661. The quantitative estimate of drug-likeness (QED) is 0.806.